The van der Waals surface area contributed by atoms with Gasteiger partial charge in [0.05, 0.1) is 12.8 Å². The van der Waals surface area contributed by atoms with Crippen LogP contribution in [0, 0.1) is 0 Å². The maximum Gasteiger partial charge on any atom is 0.195 e. The summed E-state index contributed by atoms with van der Waals surface area (Å²) in [5, 5.41) is 9.09. The van der Waals surface area contributed by atoms with Crippen molar-refractivity contribution < 1.29 is 4.74 Å². The molecule has 2 aromatic carbocycles. The van der Waals surface area contributed by atoms with E-state index >= 15 is 0 Å². The highest BCUT2D eigenvalue weighted by molar-refractivity contribution is 9.10. The highest BCUT2D eigenvalue weighted by Crippen LogP contribution is 2.27. The lowest BCUT2D eigenvalue weighted by Crippen LogP contribution is -1.96. The molecule has 0 aliphatic rings. The van der Waals surface area contributed by atoms with E-state index in [2.05, 4.69) is 32.2 Å². The lowest BCUT2D eigenvalue weighted by atomic mass is 10.2. The molecular formula is C16H14BrN3OS. The topological polar surface area (TPSA) is 39.9 Å². The molecule has 6 heteroatoms. The monoisotopic (exact) mass is 375 g/mol. The van der Waals surface area contributed by atoms with E-state index in [-0.39, 0.29) is 0 Å². The van der Waals surface area contributed by atoms with Gasteiger partial charge in [0.2, 0.25) is 0 Å². The molecule has 0 bridgehead atoms. The Balaban J connectivity index is 1.82. The zero-order valence-electron chi connectivity index (χ0n) is 11.9. The molecule has 0 saturated carbocycles. The van der Waals surface area contributed by atoms with Crippen molar-refractivity contribution in [3.05, 3.63) is 64.9 Å². The Morgan fingerprint density at radius 1 is 1.18 bits per heavy atom. The number of rotatable bonds is 5. The zero-order chi connectivity index (χ0) is 15.4. The number of thioether (sulfide) groups is 1. The summed E-state index contributed by atoms with van der Waals surface area (Å²) < 4.78 is 8.34. The summed E-state index contributed by atoms with van der Waals surface area (Å²) in [5.41, 5.74) is 2.21. The first-order chi connectivity index (χ1) is 10.8. The van der Waals surface area contributed by atoms with Gasteiger partial charge in [-0.15, -0.1) is 10.2 Å². The molecule has 0 saturated heterocycles. The van der Waals surface area contributed by atoms with Gasteiger partial charge in [0.25, 0.3) is 0 Å². The van der Waals surface area contributed by atoms with Crippen molar-refractivity contribution in [3.8, 4) is 11.4 Å². The number of methoxy groups -OCH3 is 1. The molecule has 1 heterocycles. The summed E-state index contributed by atoms with van der Waals surface area (Å²) in [6.07, 6.45) is 1.72. The van der Waals surface area contributed by atoms with Crippen LogP contribution in [0.2, 0.25) is 0 Å². The quantitative estimate of drug-likeness (QED) is 0.622. The molecule has 0 unspecified atom stereocenters. The van der Waals surface area contributed by atoms with Crippen LogP contribution in [0.4, 0.5) is 0 Å². The van der Waals surface area contributed by atoms with Crippen molar-refractivity contribution in [1.29, 1.82) is 0 Å². The second kappa shape index (κ2) is 6.98. The van der Waals surface area contributed by atoms with Crippen molar-refractivity contribution in [3.63, 3.8) is 0 Å². The zero-order valence-corrected chi connectivity index (χ0v) is 14.3. The van der Waals surface area contributed by atoms with Crippen LogP contribution in [0.15, 0.2) is 64.5 Å². The third-order valence-electron chi connectivity index (χ3n) is 3.16. The van der Waals surface area contributed by atoms with Gasteiger partial charge in [-0.2, -0.15) is 0 Å². The van der Waals surface area contributed by atoms with Gasteiger partial charge in [0.15, 0.2) is 5.16 Å². The molecule has 3 rings (SSSR count). The molecule has 112 valence electrons. The fourth-order valence-electron chi connectivity index (χ4n) is 2.02. The number of ether oxygens (including phenoxy) is 1. The molecule has 0 atom stereocenters. The molecule has 0 spiro atoms. The van der Waals surface area contributed by atoms with E-state index in [0.29, 0.717) is 0 Å². The third kappa shape index (κ3) is 3.34. The van der Waals surface area contributed by atoms with E-state index in [1.54, 1.807) is 25.2 Å². The van der Waals surface area contributed by atoms with Crippen LogP contribution in [0.25, 0.3) is 5.69 Å². The van der Waals surface area contributed by atoms with Gasteiger partial charge < -0.3 is 4.74 Å². The van der Waals surface area contributed by atoms with Crippen LogP contribution in [-0.2, 0) is 5.75 Å². The van der Waals surface area contributed by atoms with Crippen molar-refractivity contribution in [2.45, 2.75) is 10.9 Å². The number of aromatic nitrogens is 3. The number of benzene rings is 2. The van der Waals surface area contributed by atoms with Crippen molar-refractivity contribution in [1.82, 2.24) is 14.8 Å². The molecule has 3 aromatic rings. The smallest absolute Gasteiger partial charge is 0.195 e. The molecule has 0 N–H and O–H groups in total. The largest absolute Gasteiger partial charge is 0.497 e. The third-order valence-corrected chi connectivity index (χ3v) is 4.93. The number of nitrogens with zero attached hydrogens (tertiary/aromatic N) is 3. The minimum atomic E-state index is 0.813. The highest BCUT2D eigenvalue weighted by atomic mass is 79.9. The Hall–Kier alpha value is -1.79. The summed E-state index contributed by atoms with van der Waals surface area (Å²) in [6.45, 7) is 0. The molecule has 4 nitrogen and oxygen atoms in total. The van der Waals surface area contributed by atoms with E-state index in [9.17, 15) is 0 Å². The highest BCUT2D eigenvalue weighted by Gasteiger charge is 2.09. The Bertz CT molecular complexity index is 775. The van der Waals surface area contributed by atoms with Crippen LogP contribution in [0.1, 0.15) is 5.56 Å². The Kier molecular flexibility index (Phi) is 4.80. The van der Waals surface area contributed by atoms with E-state index in [1.165, 1.54) is 5.56 Å². The average Bonchev–Trinajstić information content (AvgIpc) is 3.03. The Morgan fingerprint density at radius 2 is 2.05 bits per heavy atom. The van der Waals surface area contributed by atoms with Crippen LogP contribution in [0.3, 0.4) is 0 Å². The first-order valence-corrected chi connectivity index (χ1v) is 8.46. The maximum absolute atomic E-state index is 5.27. The summed E-state index contributed by atoms with van der Waals surface area (Å²) in [6, 6.07) is 16.0. The van der Waals surface area contributed by atoms with Crippen molar-refractivity contribution in [2.24, 2.45) is 0 Å². The molecule has 0 amide bonds. The molecule has 0 radical (unpaired) electrons. The predicted octanol–water partition coefficient (Wildman–Crippen LogP) is 4.33. The minimum absolute atomic E-state index is 0.813. The first kappa shape index (κ1) is 15.1. The molecule has 0 fully saturated rings. The van der Waals surface area contributed by atoms with Gasteiger partial charge in [0.1, 0.15) is 12.1 Å². The number of halogens is 1. The Labute approximate surface area is 141 Å². The lowest BCUT2D eigenvalue weighted by Gasteiger charge is -2.08. The van der Waals surface area contributed by atoms with Gasteiger partial charge in [-0.1, -0.05) is 52.0 Å². The normalized spacial score (nSPS) is 10.6. The van der Waals surface area contributed by atoms with Gasteiger partial charge in [-0.3, -0.25) is 4.57 Å². The van der Waals surface area contributed by atoms with Gasteiger partial charge in [-0.25, -0.2) is 0 Å². The molecule has 1 aromatic heterocycles. The second-order valence-corrected chi connectivity index (χ2v) is 6.36. The molecule has 0 aliphatic heterocycles. The summed E-state index contributed by atoms with van der Waals surface area (Å²) in [4.78, 5) is 0. The standard InChI is InChI=1S/C16H14BrN3OS/c1-21-14-7-4-6-13(9-14)20-11-18-19-16(20)22-10-12-5-2-3-8-15(12)17/h2-9,11H,10H2,1H3. The number of hydrogen-bond donors (Lipinski definition) is 0. The van der Waals surface area contributed by atoms with E-state index < -0.39 is 0 Å². The van der Waals surface area contributed by atoms with Gasteiger partial charge in [0, 0.05) is 16.3 Å². The minimum Gasteiger partial charge on any atom is -0.497 e. The fraction of sp³-hybridized carbons (Fsp3) is 0.125. The van der Waals surface area contributed by atoms with Crippen LogP contribution in [-0.4, -0.2) is 21.9 Å². The average molecular weight is 376 g/mol. The maximum atomic E-state index is 5.27. The second-order valence-electron chi connectivity index (χ2n) is 4.57. The van der Waals surface area contributed by atoms with Crippen molar-refractivity contribution in [2.75, 3.05) is 7.11 Å². The van der Waals surface area contributed by atoms with Gasteiger partial charge in [-0.05, 0) is 23.8 Å². The fourth-order valence-corrected chi connectivity index (χ4v) is 3.56. The first-order valence-electron chi connectivity index (χ1n) is 6.68. The summed E-state index contributed by atoms with van der Waals surface area (Å²) in [7, 11) is 1.66. The molecule has 22 heavy (non-hydrogen) atoms. The van der Waals surface area contributed by atoms with Gasteiger partial charge >= 0.3 is 0 Å². The van der Waals surface area contributed by atoms with Crippen molar-refractivity contribution >= 4 is 27.7 Å². The van der Waals surface area contributed by atoms with Crippen LogP contribution in [0.5, 0.6) is 5.75 Å². The SMILES string of the molecule is COc1cccc(-n2cnnc2SCc2ccccc2Br)c1. The Morgan fingerprint density at radius 3 is 2.86 bits per heavy atom. The molecular weight excluding hydrogens is 362 g/mol. The van der Waals surface area contributed by atoms with Crippen LogP contribution >= 0.6 is 27.7 Å². The van der Waals surface area contributed by atoms with Crippen LogP contribution < -0.4 is 4.74 Å². The number of hydrogen-bond acceptors (Lipinski definition) is 4. The lowest BCUT2D eigenvalue weighted by molar-refractivity contribution is 0.414. The van der Waals surface area contributed by atoms with E-state index in [1.807, 2.05) is 47.0 Å². The van der Waals surface area contributed by atoms with E-state index in [4.69, 9.17) is 4.74 Å². The predicted molar refractivity (Wildman–Crippen MR) is 91.6 cm³/mol. The summed E-state index contributed by atoms with van der Waals surface area (Å²) in [5.74, 6) is 1.64. The summed E-state index contributed by atoms with van der Waals surface area (Å²) >= 11 is 5.22. The van der Waals surface area contributed by atoms with E-state index in [0.717, 1.165) is 26.8 Å². The molecule has 0 aliphatic carbocycles.